The first-order valence-corrected chi connectivity index (χ1v) is 12.1. The van der Waals surface area contributed by atoms with E-state index in [9.17, 15) is 9.59 Å². The van der Waals surface area contributed by atoms with Crippen molar-refractivity contribution in [1.82, 2.24) is 14.8 Å². The highest BCUT2D eigenvalue weighted by Gasteiger charge is 2.35. The lowest BCUT2D eigenvalue weighted by Gasteiger charge is -2.33. The van der Waals surface area contributed by atoms with Crippen LogP contribution in [0.5, 0.6) is 0 Å². The van der Waals surface area contributed by atoms with E-state index in [0.29, 0.717) is 31.0 Å². The van der Waals surface area contributed by atoms with Gasteiger partial charge in [-0.05, 0) is 56.7 Å². The summed E-state index contributed by atoms with van der Waals surface area (Å²) in [5.41, 5.74) is 2.74. The SMILES string of the molecule is CCOCCC1N=C2C=C(N3CCCc4cc(C(=O)N5CCCCC5)cnc43)C=CN2C1=O. The number of nitrogens with zero attached hydrogens (tertiary/aromatic N) is 5. The zero-order valence-corrected chi connectivity index (χ0v) is 19.2. The number of amides is 2. The number of amidine groups is 1. The summed E-state index contributed by atoms with van der Waals surface area (Å²) in [4.78, 5) is 40.7. The van der Waals surface area contributed by atoms with Crippen molar-refractivity contribution >= 4 is 23.5 Å². The molecule has 5 rings (SSSR count). The number of fused-ring (bicyclic) bond motifs is 2. The van der Waals surface area contributed by atoms with Gasteiger partial charge < -0.3 is 14.5 Å². The van der Waals surface area contributed by atoms with E-state index in [1.807, 2.05) is 30.0 Å². The maximum Gasteiger partial charge on any atom is 0.257 e. The molecule has 0 saturated carbocycles. The van der Waals surface area contributed by atoms with Gasteiger partial charge in [-0.2, -0.15) is 0 Å². The third kappa shape index (κ3) is 4.31. The smallest absolute Gasteiger partial charge is 0.257 e. The molecule has 1 aromatic heterocycles. The highest BCUT2D eigenvalue weighted by Crippen LogP contribution is 2.31. The van der Waals surface area contributed by atoms with E-state index in [4.69, 9.17) is 9.72 Å². The van der Waals surface area contributed by atoms with Gasteiger partial charge in [-0.3, -0.25) is 19.5 Å². The van der Waals surface area contributed by atoms with Crippen molar-refractivity contribution < 1.29 is 14.3 Å². The van der Waals surface area contributed by atoms with Crippen LogP contribution in [-0.4, -0.2) is 71.3 Å². The Morgan fingerprint density at radius 3 is 2.85 bits per heavy atom. The molecule has 4 aliphatic rings. The van der Waals surface area contributed by atoms with Gasteiger partial charge in [0.05, 0.1) is 5.56 Å². The fourth-order valence-corrected chi connectivity index (χ4v) is 4.95. The third-order valence-electron chi connectivity index (χ3n) is 6.70. The molecular weight excluding hydrogens is 418 g/mol. The Bertz CT molecular complexity index is 1020. The quantitative estimate of drug-likeness (QED) is 0.624. The first kappa shape index (κ1) is 21.8. The van der Waals surface area contributed by atoms with E-state index in [1.54, 1.807) is 17.3 Å². The number of likely N-dealkylation sites (tertiary alicyclic amines) is 1. The predicted molar refractivity (Wildman–Crippen MR) is 126 cm³/mol. The molecule has 4 aliphatic heterocycles. The number of aromatic nitrogens is 1. The summed E-state index contributed by atoms with van der Waals surface area (Å²) in [6, 6.07) is 1.63. The van der Waals surface area contributed by atoms with Gasteiger partial charge in [0.25, 0.3) is 11.8 Å². The molecule has 1 fully saturated rings. The van der Waals surface area contributed by atoms with Crippen molar-refractivity contribution in [3.63, 3.8) is 0 Å². The van der Waals surface area contributed by atoms with Crippen LogP contribution >= 0.6 is 0 Å². The Hall–Kier alpha value is -3.00. The number of hydrogen-bond donors (Lipinski definition) is 0. The second-order valence-corrected chi connectivity index (χ2v) is 8.90. The number of ether oxygens (including phenoxy) is 1. The molecule has 0 spiro atoms. The van der Waals surface area contributed by atoms with Gasteiger partial charge in [0, 0.05) is 63.4 Å². The molecule has 8 nitrogen and oxygen atoms in total. The van der Waals surface area contributed by atoms with Gasteiger partial charge in [0.1, 0.15) is 17.7 Å². The largest absolute Gasteiger partial charge is 0.382 e. The van der Waals surface area contributed by atoms with E-state index < -0.39 is 0 Å². The molecule has 8 heteroatoms. The topological polar surface area (TPSA) is 78.3 Å². The van der Waals surface area contributed by atoms with E-state index >= 15 is 0 Å². The molecule has 0 aliphatic carbocycles. The third-order valence-corrected chi connectivity index (χ3v) is 6.70. The number of carbonyl (C=O) groups is 2. The fraction of sp³-hybridized carbons (Fsp3) is 0.520. The zero-order valence-electron chi connectivity index (χ0n) is 19.2. The summed E-state index contributed by atoms with van der Waals surface area (Å²) in [6.45, 7) is 5.62. The Kier molecular flexibility index (Phi) is 6.26. The highest BCUT2D eigenvalue weighted by atomic mass is 16.5. The van der Waals surface area contributed by atoms with Gasteiger partial charge in [-0.25, -0.2) is 4.98 Å². The molecule has 33 heavy (non-hydrogen) atoms. The van der Waals surface area contributed by atoms with Crippen molar-refractivity contribution in [2.45, 2.75) is 51.5 Å². The van der Waals surface area contributed by atoms with E-state index in [0.717, 1.165) is 62.4 Å². The van der Waals surface area contributed by atoms with E-state index in [-0.39, 0.29) is 17.9 Å². The van der Waals surface area contributed by atoms with Crippen molar-refractivity contribution in [1.29, 1.82) is 0 Å². The van der Waals surface area contributed by atoms with E-state index in [1.165, 1.54) is 6.42 Å². The van der Waals surface area contributed by atoms with Crippen LogP contribution in [-0.2, 0) is 16.0 Å². The maximum atomic E-state index is 12.9. The number of piperidine rings is 1. The molecule has 5 heterocycles. The van der Waals surface area contributed by atoms with Crippen LogP contribution in [0.1, 0.15) is 54.9 Å². The number of rotatable bonds is 6. The van der Waals surface area contributed by atoms with Gasteiger partial charge >= 0.3 is 0 Å². The number of aryl methyl sites for hydroxylation is 1. The molecule has 0 N–H and O–H groups in total. The van der Waals surface area contributed by atoms with E-state index in [2.05, 4.69) is 9.89 Å². The molecule has 2 amide bonds. The Morgan fingerprint density at radius 2 is 2.03 bits per heavy atom. The average molecular weight is 450 g/mol. The van der Waals surface area contributed by atoms with Gasteiger partial charge in [0.2, 0.25) is 0 Å². The van der Waals surface area contributed by atoms with Crippen molar-refractivity contribution in [2.24, 2.45) is 4.99 Å². The number of carbonyl (C=O) groups excluding carboxylic acids is 2. The summed E-state index contributed by atoms with van der Waals surface area (Å²) in [7, 11) is 0. The molecule has 0 aromatic carbocycles. The van der Waals surface area contributed by atoms with Crippen LogP contribution in [0.15, 0.2) is 41.3 Å². The molecule has 1 saturated heterocycles. The molecule has 0 bridgehead atoms. The number of hydrogen-bond acceptors (Lipinski definition) is 6. The summed E-state index contributed by atoms with van der Waals surface area (Å²) < 4.78 is 5.40. The first-order valence-electron chi connectivity index (χ1n) is 12.1. The minimum atomic E-state index is -0.387. The Morgan fingerprint density at radius 1 is 1.18 bits per heavy atom. The van der Waals surface area contributed by atoms with Crippen LogP contribution in [0.25, 0.3) is 0 Å². The lowest BCUT2D eigenvalue weighted by atomic mass is 10.0. The number of anilines is 1. The fourth-order valence-electron chi connectivity index (χ4n) is 4.95. The summed E-state index contributed by atoms with van der Waals surface area (Å²) in [5.74, 6) is 1.64. The Balaban J connectivity index is 1.35. The van der Waals surface area contributed by atoms with Crippen molar-refractivity contribution in [2.75, 3.05) is 37.7 Å². The number of aliphatic imine (C=N–C) groups is 1. The normalized spacial score (nSPS) is 22.2. The van der Waals surface area contributed by atoms with Crippen LogP contribution in [0, 0.1) is 0 Å². The minimum absolute atomic E-state index is 0.00529. The van der Waals surface area contributed by atoms with Crippen LogP contribution in [0.4, 0.5) is 5.82 Å². The standard InChI is InChI=1S/C25H31N5O3/c1-2-33-14-9-21-25(32)30-13-8-20(16-22(30)27-21)29-12-6-7-18-15-19(17-26-23(18)29)24(31)28-10-4-3-5-11-28/h8,13,15-17,21H,2-7,9-12,14H2,1H3. The molecule has 1 unspecified atom stereocenters. The van der Waals surface area contributed by atoms with Gasteiger partial charge in [-0.1, -0.05) is 0 Å². The van der Waals surface area contributed by atoms with Crippen LogP contribution in [0.2, 0.25) is 0 Å². The summed E-state index contributed by atoms with van der Waals surface area (Å²) >= 11 is 0. The molecule has 1 aromatic rings. The second kappa shape index (κ2) is 9.47. The molecular formula is C25H31N5O3. The molecule has 0 radical (unpaired) electrons. The predicted octanol–water partition coefficient (Wildman–Crippen LogP) is 2.91. The van der Waals surface area contributed by atoms with Gasteiger partial charge in [0.15, 0.2) is 0 Å². The van der Waals surface area contributed by atoms with Crippen molar-refractivity contribution in [3.05, 3.63) is 47.4 Å². The molecule has 1 atom stereocenters. The second-order valence-electron chi connectivity index (χ2n) is 8.90. The summed E-state index contributed by atoms with van der Waals surface area (Å²) in [6.07, 6.45) is 13.3. The number of pyridine rings is 1. The maximum absolute atomic E-state index is 12.9. The summed E-state index contributed by atoms with van der Waals surface area (Å²) in [5, 5.41) is 0. The van der Waals surface area contributed by atoms with Crippen LogP contribution in [0.3, 0.4) is 0 Å². The number of allylic oxidation sites excluding steroid dienone is 1. The van der Waals surface area contributed by atoms with Crippen molar-refractivity contribution in [3.8, 4) is 0 Å². The van der Waals surface area contributed by atoms with Gasteiger partial charge in [-0.15, -0.1) is 0 Å². The first-order chi connectivity index (χ1) is 16.2. The van der Waals surface area contributed by atoms with Crippen LogP contribution < -0.4 is 4.90 Å². The molecule has 174 valence electrons. The lowest BCUT2D eigenvalue weighted by molar-refractivity contribution is -0.126. The average Bonchev–Trinajstić information content (AvgIpc) is 3.18. The zero-order chi connectivity index (χ0) is 22.8. The highest BCUT2D eigenvalue weighted by molar-refractivity contribution is 6.13. The monoisotopic (exact) mass is 449 g/mol. The minimum Gasteiger partial charge on any atom is -0.382 e. The Labute approximate surface area is 194 Å². The lowest BCUT2D eigenvalue weighted by Crippen LogP contribution is -2.37.